The maximum absolute atomic E-state index is 10.8. The average Bonchev–Trinajstić information content (AvgIpc) is 1.60. The van der Waals surface area contributed by atoms with E-state index < -0.39 is 11.7 Å². The van der Waals surface area contributed by atoms with E-state index in [2.05, 4.69) is 0 Å². The monoisotopic (exact) mass is 146 g/mol. The molecular formula is C7H14O3. The van der Waals surface area contributed by atoms with Crippen molar-refractivity contribution in [1.82, 2.24) is 0 Å². The van der Waals surface area contributed by atoms with E-state index in [4.69, 9.17) is 10.2 Å². The van der Waals surface area contributed by atoms with Gasteiger partial charge in [0.05, 0.1) is 0 Å². The van der Waals surface area contributed by atoms with Gasteiger partial charge in [-0.1, -0.05) is 13.8 Å². The Hall–Kier alpha value is -0.410. The number of ketones is 1. The minimum absolute atomic E-state index is 0.0272. The van der Waals surface area contributed by atoms with E-state index in [0.717, 1.165) is 0 Å². The van der Waals surface area contributed by atoms with Crippen LogP contribution in [0.1, 0.15) is 27.2 Å². The molecule has 2 N–H and O–H groups in total. The van der Waals surface area contributed by atoms with Gasteiger partial charge < -0.3 is 10.2 Å². The average molecular weight is 146 g/mol. The van der Waals surface area contributed by atoms with Crippen LogP contribution in [0.3, 0.4) is 0 Å². The fourth-order valence-corrected chi connectivity index (χ4v) is 0.600. The second kappa shape index (κ2) is 3.12. The first-order chi connectivity index (χ1) is 4.36. The van der Waals surface area contributed by atoms with Gasteiger partial charge in [0.2, 0.25) is 0 Å². The van der Waals surface area contributed by atoms with Gasteiger partial charge in [0.1, 0.15) is 5.78 Å². The topological polar surface area (TPSA) is 57.5 Å². The molecule has 0 aliphatic carbocycles. The maximum Gasteiger partial charge on any atom is 0.152 e. The van der Waals surface area contributed by atoms with Crippen LogP contribution in [0.25, 0.3) is 0 Å². The molecule has 0 aromatic carbocycles. The molecule has 0 saturated heterocycles. The Bertz CT molecular complexity index is 127. The maximum atomic E-state index is 10.8. The Balaban J connectivity index is 4.00. The second-order valence-corrected chi connectivity index (χ2v) is 3.12. The number of hydrogen-bond donors (Lipinski definition) is 2. The van der Waals surface area contributed by atoms with Gasteiger partial charge in [-0.15, -0.1) is 0 Å². The predicted molar refractivity (Wildman–Crippen MR) is 37.3 cm³/mol. The van der Waals surface area contributed by atoms with E-state index >= 15 is 0 Å². The van der Waals surface area contributed by atoms with E-state index in [0.29, 0.717) is 0 Å². The lowest BCUT2D eigenvalue weighted by molar-refractivity contribution is -0.131. The number of carbonyl (C=O) groups is 1. The largest absolute Gasteiger partial charge is 0.368 e. The molecule has 3 heteroatoms. The Kier molecular flexibility index (Phi) is 2.99. The highest BCUT2D eigenvalue weighted by Gasteiger charge is 2.25. The molecule has 0 bridgehead atoms. The van der Waals surface area contributed by atoms with Crippen molar-refractivity contribution < 1.29 is 15.0 Å². The second-order valence-electron chi connectivity index (χ2n) is 3.12. The third kappa shape index (κ3) is 2.94. The highest BCUT2D eigenvalue weighted by molar-refractivity contribution is 5.81. The number of rotatable bonds is 3. The van der Waals surface area contributed by atoms with Crippen LogP contribution in [-0.4, -0.2) is 22.3 Å². The lowest BCUT2D eigenvalue weighted by atomic mass is 9.85. The summed E-state index contributed by atoms with van der Waals surface area (Å²) in [4.78, 5) is 10.8. The zero-order valence-corrected chi connectivity index (χ0v) is 6.59. The highest BCUT2D eigenvalue weighted by Crippen LogP contribution is 2.22. The van der Waals surface area contributed by atoms with Gasteiger partial charge in [0, 0.05) is 11.8 Å². The fourth-order valence-electron chi connectivity index (χ4n) is 0.600. The van der Waals surface area contributed by atoms with Crippen LogP contribution in [0.15, 0.2) is 0 Å². The molecule has 0 aliphatic heterocycles. The molecule has 0 aromatic rings. The van der Waals surface area contributed by atoms with Crippen LogP contribution < -0.4 is 0 Å². The van der Waals surface area contributed by atoms with Crippen LogP contribution >= 0.6 is 0 Å². The van der Waals surface area contributed by atoms with Gasteiger partial charge in [-0.3, -0.25) is 4.79 Å². The van der Waals surface area contributed by atoms with Gasteiger partial charge in [-0.2, -0.15) is 0 Å². The van der Waals surface area contributed by atoms with E-state index in [1.165, 1.54) is 6.92 Å². The predicted octanol–water partition coefficient (Wildman–Crippen LogP) is 0.302. The number of Topliss-reactive ketones (excluding diaryl/α,β-unsaturated/α-hetero) is 1. The third-order valence-corrected chi connectivity index (χ3v) is 1.65. The SMILES string of the molecule is CC(=O)C(C)(C)CC(O)O. The molecule has 0 spiro atoms. The molecular weight excluding hydrogens is 132 g/mol. The number of aliphatic hydroxyl groups excluding tert-OH is 1. The number of hydrogen-bond acceptors (Lipinski definition) is 3. The van der Waals surface area contributed by atoms with Crippen molar-refractivity contribution in [3.8, 4) is 0 Å². The quantitative estimate of drug-likeness (QED) is 0.563. The van der Waals surface area contributed by atoms with E-state index in [1.54, 1.807) is 13.8 Å². The Labute approximate surface area is 60.7 Å². The Morgan fingerprint density at radius 3 is 2.00 bits per heavy atom. The van der Waals surface area contributed by atoms with Gasteiger partial charge in [0.25, 0.3) is 0 Å². The normalized spacial score (nSPS) is 12.2. The Morgan fingerprint density at radius 1 is 1.50 bits per heavy atom. The molecule has 0 amide bonds. The summed E-state index contributed by atoms with van der Waals surface area (Å²) in [7, 11) is 0. The van der Waals surface area contributed by atoms with E-state index in [1.807, 2.05) is 0 Å². The molecule has 3 nitrogen and oxygen atoms in total. The van der Waals surface area contributed by atoms with E-state index in [9.17, 15) is 4.79 Å². The zero-order chi connectivity index (χ0) is 8.36. The highest BCUT2D eigenvalue weighted by atomic mass is 16.5. The van der Waals surface area contributed by atoms with Crippen molar-refractivity contribution in [3.63, 3.8) is 0 Å². The summed E-state index contributed by atoms with van der Waals surface area (Å²) in [6.45, 7) is 4.83. The summed E-state index contributed by atoms with van der Waals surface area (Å²) >= 11 is 0. The molecule has 0 aromatic heterocycles. The fraction of sp³-hybridized carbons (Fsp3) is 0.857. The third-order valence-electron chi connectivity index (χ3n) is 1.65. The number of carbonyl (C=O) groups excluding carboxylic acids is 1. The van der Waals surface area contributed by atoms with Gasteiger partial charge in [-0.25, -0.2) is 0 Å². The van der Waals surface area contributed by atoms with Crippen molar-refractivity contribution in [3.05, 3.63) is 0 Å². The summed E-state index contributed by atoms with van der Waals surface area (Å²) in [5.74, 6) is -0.0272. The molecule has 0 aliphatic rings. The van der Waals surface area contributed by atoms with Crippen molar-refractivity contribution >= 4 is 5.78 Å². The molecule has 0 rings (SSSR count). The summed E-state index contributed by atoms with van der Waals surface area (Å²) in [5.41, 5.74) is -0.617. The molecule has 60 valence electrons. The van der Waals surface area contributed by atoms with Crippen molar-refractivity contribution in [2.75, 3.05) is 0 Å². The summed E-state index contributed by atoms with van der Waals surface area (Å²) in [6.07, 6.45) is -1.29. The van der Waals surface area contributed by atoms with Crippen LogP contribution in [0.4, 0.5) is 0 Å². The molecule has 0 saturated carbocycles. The van der Waals surface area contributed by atoms with Crippen LogP contribution in [0.2, 0.25) is 0 Å². The molecule has 0 fully saturated rings. The first kappa shape index (κ1) is 9.59. The standard InChI is InChI=1S/C7H14O3/c1-5(8)7(2,3)4-6(9)10/h6,9-10H,4H2,1-3H3. The van der Waals surface area contributed by atoms with Crippen molar-refractivity contribution in [1.29, 1.82) is 0 Å². The first-order valence-corrected chi connectivity index (χ1v) is 3.23. The lowest BCUT2D eigenvalue weighted by Crippen LogP contribution is -2.26. The van der Waals surface area contributed by atoms with Crippen LogP contribution in [0.5, 0.6) is 0 Å². The molecule has 0 unspecified atom stereocenters. The smallest absolute Gasteiger partial charge is 0.152 e. The van der Waals surface area contributed by atoms with Gasteiger partial charge >= 0.3 is 0 Å². The first-order valence-electron chi connectivity index (χ1n) is 3.23. The lowest BCUT2D eigenvalue weighted by Gasteiger charge is -2.21. The van der Waals surface area contributed by atoms with Gasteiger partial charge in [0.15, 0.2) is 6.29 Å². The number of aliphatic hydroxyl groups is 2. The minimum Gasteiger partial charge on any atom is -0.368 e. The molecule has 0 radical (unpaired) electrons. The molecule has 0 atom stereocenters. The van der Waals surface area contributed by atoms with Gasteiger partial charge in [-0.05, 0) is 6.92 Å². The Morgan fingerprint density at radius 2 is 1.90 bits per heavy atom. The summed E-state index contributed by atoms with van der Waals surface area (Å²) in [5, 5.41) is 17.1. The minimum atomic E-state index is -1.39. The van der Waals surface area contributed by atoms with Crippen LogP contribution in [0, 0.1) is 5.41 Å². The van der Waals surface area contributed by atoms with Crippen LogP contribution in [-0.2, 0) is 4.79 Å². The zero-order valence-electron chi connectivity index (χ0n) is 6.59. The van der Waals surface area contributed by atoms with E-state index in [-0.39, 0.29) is 12.2 Å². The molecule has 10 heavy (non-hydrogen) atoms. The van der Waals surface area contributed by atoms with Crippen molar-refractivity contribution in [2.45, 2.75) is 33.5 Å². The summed E-state index contributed by atoms with van der Waals surface area (Å²) < 4.78 is 0. The van der Waals surface area contributed by atoms with Crippen molar-refractivity contribution in [2.24, 2.45) is 5.41 Å². The molecule has 0 heterocycles. The summed E-state index contributed by atoms with van der Waals surface area (Å²) in [6, 6.07) is 0.